The van der Waals surface area contributed by atoms with Gasteiger partial charge in [-0.3, -0.25) is 0 Å². The second-order valence-electron chi connectivity index (χ2n) is 13.6. The van der Waals surface area contributed by atoms with Crippen LogP contribution in [-0.2, 0) is 0 Å². The number of allylic oxidation sites excluding steroid dienone is 2. The molecule has 0 N–H and O–H groups in total. The average Bonchev–Trinajstić information content (AvgIpc) is 3.61. The molecule has 8 aromatic carbocycles. The minimum Gasteiger partial charge on any atom is -0.484 e. The fraction of sp³-hybridized carbons (Fsp3) is 0.0400. The second-order valence-corrected chi connectivity index (χ2v) is 13.6. The first-order valence-corrected chi connectivity index (χ1v) is 18.0. The summed E-state index contributed by atoms with van der Waals surface area (Å²) in [4.78, 5) is 2.43. The third-order valence-electron chi connectivity index (χ3n) is 10.6. The molecule has 0 saturated heterocycles. The van der Waals surface area contributed by atoms with Crippen LogP contribution in [0.1, 0.15) is 17.0 Å². The van der Waals surface area contributed by atoms with Gasteiger partial charge in [-0.2, -0.15) is 0 Å². The number of hydrogen-bond acceptors (Lipinski definition) is 2. The van der Waals surface area contributed by atoms with E-state index in [0.717, 1.165) is 33.6 Å². The summed E-state index contributed by atoms with van der Waals surface area (Å²) < 4.78 is 6.98. The van der Waals surface area contributed by atoms with Crippen LogP contribution in [0.2, 0.25) is 0 Å². The van der Waals surface area contributed by atoms with Gasteiger partial charge in [-0.05, 0) is 68.9 Å². The highest BCUT2D eigenvalue weighted by molar-refractivity contribution is 6.04. The van der Waals surface area contributed by atoms with Gasteiger partial charge in [-0.25, -0.2) is 0 Å². The fourth-order valence-corrected chi connectivity index (χ4v) is 8.15. The Morgan fingerprint density at radius 3 is 1.92 bits per heavy atom. The summed E-state index contributed by atoms with van der Waals surface area (Å²) in [6.45, 7) is 0. The zero-order valence-electron chi connectivity index (χ0n) is 28.6. The molecule has 0 aromatic heterocycles. The molecule has 52 heavy (non-hydrogen) atoms. The first kappa shape index (κ1) is 30.2. The van der Waals surface area contributed by atoms with E-state index >= 15 is 0 Å². The minimum absolute atomic E-state index is 0.0871. The van der Waals surface area contributed by atoms with Gasteiger partial charge in [0, 0.05) is 39.2 Å². The molecule has 1 aliphatic carbocycles. The zero-order valence-corrected chi connectivity index (χ0v) is 28.6. The predicted molar refractivity (Wildman–Crippen MR) is 218 cm³/mol. The van der Waals surface area contributed by atoms with Gasteiger partial charge >= 0.3 is 0 Å². The van der Waals surface area contributed by atoms with Crippen LogP contribution in [0, 0.1) is 0 Å². The Balaban J connectivity index is 1.15. The molecule has 1 aliphatic heterocycles. The molecule has 0 radical (unpaired) electrons. The largest absolute Gasteiger partial charge is 0.484 e. The topological polar surface area (TPSA) is 12.5 Å². The molecular formula is C50H35NO. The normalized spacial score (nSPS) is 15.9. The van der Waals surface area contributed by atoms with E-state index in [4.69, 9.17) is 4.74 Å². The van der Waals surface area contributed by atoms with E-state index in [1.807, 2.05) is 0 Å². The van der Waals surface area contributed by atoms with Crippen LogP contribution < -0.4 is 9.64 Å². The Labute approximate surface area is 304 Å². The number of fused-ring (bicyclic) bond motifs is 6. The number of rotatable bonds is 6. The number of benzene rings is 8. The maximum Gasteiger partial charge on any atom is 0.135 e. The molecule has 0 fully saturated rings. The molecule has 1 heterocycles. The summed E-state index contributed by atoms with van der Waals surface area (Å²) in [6.07, 6.45) is 6.63. The summed E-state index contributed by atoms with van der Waals surface area (Å²) in [5.74, 6) is 1.08. The van der Waals surface area contributed by atoms with Gasteiger partial charge in [0.25, 0.3) is 0 Å². The SMILES string of the molecule is C1=CC2c3cc(N(c4ccc(-c5cccc6ccccc56)cc4)c4cccc(-c5ccccc5)c4)c4ccccc4c3OC2C(c2ccccc2)=C1. The van der Waals surface area contributed by atoms with Gasteiger partial charge in [0.15, 0.2) is 0 Å². The van der Waals surface area contributed by atoms with Crippen LogP contribution >= 0.6 is 0 Å². The molecule has 2 heteroatoms. The Hall–Kier alpha value is -6.64. The Morgan fingerprint density at radius 2 is 1.12 bits per heavy atom. The van der Waals surface area contributed by atoms with E-state index in [-0.39, 0.29) is 12.0 Å². The lowest BCUT2D eigenvalue weighted by atomic mass is 9.83. The molecular weight excluding hydrogens is 631 g/mol. The van der Waals surface area contributed by atoms with Gasteiger partial charge < -0.3 is 9.64 Å². The Bertz CT molecular complexity index is 2650. The lowest BCUT2D eigenvalue weighted by Crippen LogP contribution is -2.21. The quantitative estimate of drug-likeness (QED) is 0.175. The number of ether oxygens (including phenoxy) is 1. The zero-order chi connectivity index (χ0) is 34.4. The number of nitrogens with zero attached hydrogens (tertiary/aromatic N) is 1. The summed E-state index contributed by atoms with van der Waals surface area (Å²) in [5.41, 5.74) is 11.8. The molecule has 0 amide bonds. The first-order chi connectivity index (χ1) is 25.8. The van der Waals surface area contributed by atoms with E-state index in [0.29, 0.717) is 0 Å². The van der Waals surface area contributed by atoms with Gasteiger partial charge in [-0.1, -0.05) is 170 Å². The van der Waals surface area contributed by atoms with Gasteiger partial charge in [-0.15, -0.1) is 0 Å². The lowest BCUT2D eigenvalue weighted by Gasteiger charge is -2.28. The number of anilines is 3. The molecule has 0 saturated carbocycles. The van der Waals surface area contributed by atoms with E-state index in [1.165, 1.54) is 49.7 Å². The third-order valence-corrected chi connectivity index (χ3v) is 10.6. The lowest BCUT2D eigenvalue weighted by molar-refractivity contribution is 0.281. The Morgan fingerprint density at radius 1 is 0.462 bits per heavy atom. The molecule has 0 spiro atoms. The molecule has 8 aromatic rings. The summed E-state index contributed by atoms with van der Waals surface area (Å²) in [7, 11) is 0. The molecule has 246 valence electrons. The molecule has 2 unspecified atom stereocenters. The van der Waals surface area contributed by atoms with Crippen molar-refractivity contribution in [3.05, 3.63) is 211 Å². The van der Waals surface area contributed by atoms with E-state index in [1.54, 1.807) is 0 Å². The first-order valence-electron chi connectivity index (χ1n) is 18.0. The van der Waals surface area contributed by atoms with Crippen molar-refractivity contribution < 1.29 is 4.74 Å². The van der Waals surface area contributed by atoms with Crippen molar-refractivity contribution in [3.63, 3.8) is 0 Å². The minimum atomic E-state index is -0.0871. The third kappa shape index (κ3) is 5.11. The van der Waals surface area contributed by atoms with Crippen molar-refractivity contribution >= 4 is 44.2 Å². The van der Waals surface area contributed by atoms with Gasteiger partial charge in [0.2, 0.25) is 0 Å². The summed E-state index contributed by atoms with van der Waals surface area (Å²) in [6, 6.07) is 65.5. The van der Waals surface area contributed by atoms with Crippen molar-refractivity contribution in [1.29, 1.82) is 0 Å². The maximum absolute atomic E-state index is 6.98. The highest BCUT2D eigenvalue weighted by Gasteiger charge is 2.39. The van der Waals surface area contributed by atoms with Crippen LogP contribution in [-0.4, -0.2) is 6.10 Å². The van der Waals surface area contributed by atoms with Crippen LogP contribution in [0.15, 0.2) is 200 Å². The second kappa shape index (κ2) is 12.6. The van der Waals surface area contributed by atoms with Crippen molar-refractivity contribution in [2.75, 3.05) is 4.90 Å². The maximum atomic E-state index is 6.98. The van der Waals surface area contributed by atoms with Gasteiger partial charge in [0.1, 0.15) is 11.9 Å². The number of hydrogen-bond donors (Lipinski definition) is 0. The average molecular weight is 666 g/mol. The summed E-state index contributed by atoms with van der Waals surface area (Å²) in [5, 5.41) is 4.78. The van der Waals surface area contributed by atoms with Crippen LogP contribution in [0.4, 0.5) is 17.1 Å². The van der Waals surface area contributed by atoms with Crippen molar-refractivity contribution in [1.82, 2.24) is 0 Å². The molecule has 2 aliphatic rings. The predicted octanol–water partition coefficient (Wildman–Crippen LogP) is 13.3. The van der Waals surface area contributed by atoms with E-state index < -0.39 is 0 Å². The molecule has 2 nitrogen and oxygen atoms in total. The van der Waals surface area contributed by atoms with Crippen molar-refractivity contribution in [2.24, 2.45) is 0 Å². The highest BCUT2D eigenvalue weighted by Crippen LogP contribution is 2.53. The van der Waals surface area contributed by atoms with Gasteiger partial charge in [0.05, 0.1) is 5.69 Å². The molecule has 2 atom stereocenters. The Kier molecular flexibility index (Phi) is 7.32. The summed E-state index contributed by atoms with van der Waals surface area (Å²) >= 11 is 0. The van der Waals surface area contributed by atoms with Crippen LogP contribution in [0.25, 0.3) is 49.4 Å². The molecule has 10 rings (SSSR count). The van der Waals surface area contributed by atoms with Crippen LogP contribution in [0.3, 0.4) is 0 Å². The van der Waals surface area contributed by atoms with Crippen molar-refractivity contribution in [3.8, 4) is 28.0 Å². The fourth-order valence-electron chi connectivity index (χ4n) is 8.15. The van der Waals surface area contributed by atoms with Crippen LogP contribution in [0.5, 0.6) is 5.75 Å². The smallest absolute Gasteiger partial charge is 0.135 e. The standard InChI is InChI=1S/C50H35NO/c1-3-14-34(15-4-1)38-20-11-21-40(32-38)51(39-30-28-37(29-31-39)42-25-12-19-35-18-7-8-22-41(35)42)48-33-47-46-27-13-26-43(36-16-5-2-6-17-36)49(46)52-50(47)45-24-10-9-23-44(45)48/h1-33,46,49H. The monoisotopic (exact) mass is 665 g/mol. The van der Waals surface area contributed by atoms with Crippen molar-refractivity contribution in [2.45, 2.75) is 12.0 Å². The van der Waals surface area contributed by atoms with E-state index in [9.17, 15) is 0 Å². The van der Waals surface area contributed by atoms with E-state index in [2.05, 4.69) is 205 Å². The molecule has 0 bridgehead atoms. The highest BCUT2D eigenvalue weighted by atomic mass is 16.5.